The molecule has 1 unspecified atom stereocenters. The quantitative estimate of drug-likeness (QED) is 0.424. The first-order valence-corrected chi connectivity index (χ1v) is 9.79. The van der Waals surface area contributed by atoms with Gasteiger partial charge in [0.1, 0.15) is 11.5 Å². The molecule has 1 aliphatic heterocycles. The van der Waals surface area contributed by atoms with Gasteiger partial charge in [-0.1, -0.05) is 53.5 Å². The fraction of sp³-hybridized carbons (Fsp3) is 0.238. The second-order valence-corrected chi connectivity index (χ2v) is 8.03. The predicted molar refractivity (Wildman–Crippen MR) is 116 cm³/mol. The molecule has 30 heavy (non-hydrogen) atoms. The number of anilines is 1. The minimum absolute atomic E-state index is 0.156. The number of rotatable bonds is 4. The maximum atomic E-state index is 13.4. The zero-order chi connectivity index (χ0) is 21.9. The minimum atomic E-state index is -1.25. The van der Waals surface area contributed by atoms with E-state index in [1.807, 2.05) is 6.07 Å². The van der Waals surface area contributed by atoms with E-state index in [0.717, 1.165) is 0 Å². The van der Waals surface area contributed by atoms with E-state index in [1.165, 1.54) is 4.90 Å². The fourth-order valence-corrected chi connectivity index (χ4v) is 3.64. The van der Waals surface area contributed by atoms with Gasteiger partial charge in [-0.05, 0) is 37.6 Å². The molecular weight excluding hydrogens is 427 g/mol. The summed E-state index contributed by atoms with van der Waals surface area (Å²) in [6.45, 7) is 3.10. The Balaban J connectivity index is 1.90. The number of nitrogens with zero attached hydrogens (tertiary/aromatic N) is 2. The Bertz CT molecular complexity index is 1010. The molecule has 1 aliphatic rings. The Hall–Kier alpha value is -2.99. The number of carbonyl (C=O) groups excluding carboxylic acids is 2. The minimum Gasteiger partial charge on any atom is -0.466 e. The summed E-state index contributed by atoms with van der Waals surface area (Å²) < 4.78 is 5.71. The summed E-state index contributed by atoms with van der Waals surface area (Å²) in [6.07, 6.45) is 0. The fourth-order valence-electron chi connectivity index (χ4n) is 3.12. The summed E-state index contributed by atoms with van der Waals surface area (Å²) in [6, 6.07) is 13.7. The number of hydrazone groups is 1. The van der Waals surface area contributed by atoms with Crippen molar-refractivity contribution in [1.82, 2.24) is 4.90 Å². The lowest BCUT2D eigenvalue weighted by Gasteiger charge is -2.42. The van der Waals surface area contributed by atoms with Crippen LogP contribution in [0.3, 0.4) is 0 Å². The molecule has 0 radical (unpaired) electrons. The molecule has 1 saturated heterocycles. The van der Waals surface area contributed by atoms with Crippen molar-refractivity contribution in [1.29, 1.82) is 0 Å². The Morgan fingerprint density at radius 3 is 2.47 bits per heavy atom. The molecule has 1 atom stereocenters. The molecule has 2 aromatic carbocycles. The van der Waals surface area contributed by atoms with E-state index in [2.05, 4.69) is 16.3 Å². The lowest BCUT2D eigenvalue weighted by atomic mass is 9.91. The van der Waals surface area contributed by atoms with Gasteiger partial charge < -0.3 is 15.9 Å². The molecule has 2 aromatic rings. The van der Waals surface area contributed by atoms with Crippen LogP contribution in [0.4, 0.5) is 5.69 Å². The molecule has 0 saturated carbocycles. The van der Waals surface area contributed by atoms with Crippen molar-refractivity contribution < 1.29 is 14.3 Å². The van der Waals surface area contributed by atoms with Gasteiger partial charge in [-0.25, -0.2) is 0 Å². The number of ether oxygens (including phenoxy) is 1. The number of halogens is 2. The van der Waals surface area contributed by atoms with E-state index in [0.29, 0.717) is 21.3 Å². The van der Waals surface area contributed by atoms with Gasteiger partial charge in [0, 0.05) is 15.7 Å². The molecular formula is C21H20Cl2N4O3. The first kappa shape index (κ1) is 21.7. The van der Waals surface area contributed by atoms with E-state index < -0.39 is 17.4 Å². The molecule has 0 aliphatic carbocycles. The average molecular weight is 447 g/mol. The highest BCUT2D eigenvalue weighted by molar-refractivity contribution is 6.35. The highest BCUT2D eigenvalue weighted by Gasteiger charge is 2.45. The third-order valence-electron chi connectivity index (χ3n) is 4.78. The van der Waals surface area contributed by atoms with Gasteiger partial charge >= 0.3 is 0 Å². The lowest BCUT2D eigenvalue weighted by Crippen LogP contribution is -2.59. The topological polar surface area (TPSA) is 97.0 Å². The summed E-state index contributed by atoms with van der Waals surface area (Å²) in [5, 5.41) is 6.90. The third-order valence-corrected chi connectivity index (χ3v) is 5.22. The van der Waals surface area contributed by atoms with E-state index in [1.54, 1.807) is 56.3 Å². The van der Waals surface area contributed by atoms with Crippen LogP contribution in [0.1, 0.15) is 25.3 Å². The average Bonchev–Trinajstić information content (AvgIpc) is 2.68. The molecule has 2 amide bonds. The molecule has 3 rings (SSSR count). The maximum absolute atomic E-state index is 13.4. The second-order valence-electron chi connectivity index (χ2n) is 7.16. The normalized spacial score (nSPS) is 16.5. The second kappa shape index (κ2) is 8.79. The predicted octanol–water partition coefficient (Wildman–Crippen LogP) is 3.74. The summed E-state index contributed by atoms with van der Waals surface area (Å²) in [7, 11) is 0. The van der Waals surface area contributed by atoms with Gasteiger partial charge in [-0.15, -0.1) is 5.10 Å². The molecule has 7 nitrogen and oxygen atoms in total. The van der Waals surface area contributed by atoms with E-state index >= 15 is 0 Å². The molecule has 3 N–H and O–H groups in total. The van der Waals surface area contributed by atoms with Crippen LogP contribution < -0.4 is 11.2 Å². The van der Waals surface area contributed by atoms with Crippen LogP contribution in [0.15, 0.2) is 59.4 Å². The van der Waals surface area contributed by atoms with Crippen LogP contribution in [-0.2, 0) is 14.3 Å². The smallest absolute Gasteiger partial charge is 0.249 e. The number of nitrogens with two attached hydrogens (primary N) is 1. The number of amides is 2. The summed E-state index contributed by atoms with van der Waals surface area (Å²) in [5.41, 5.74) is -0.146. The van der Waals surface area contributed by atoms with Crippen LogP contribution in [0.25, 0.3) is 0 Å². The van der Waals surface area contributed by atoms with Crippen LogP contribution in [0.2, 0.25) is 10.0 Å². The van der Waals surface area contributed by atoms with Crippen molar-refractivity contribution in [2.45, 2.75) is 25.3 Å². The Morgan fingerprint density at radius 1 is 1.23 bits per heavy atom. The van der Waals surface area contributed by atoms with Crippen molar-refractivity contribution in [2.24, 2.45) is 10.9 Å². The SMILES string of the molecule is CC(C)(C(=O)Nc1cc(Cl)cc(Cl)c1)N1COC(=C=NN)C(c2ccccc2)C1=O. The Morgan fingerprint density at radius 2 is 1.87 bits per heavy atom. The van der Waals surface area contributed by atoms with Crippen molar-refractivity contribution in [3.63, 3.8) is 0 Å². The first-order valence-electron chi connectivity index (χ1n) is 9.03. The molecule has 0 spiro atoms. The van der Waals surface area contributed by atoms with Gasteiger partial charge in [0.2, 0.25) is 11.8 Å². The Labute approximate surface area is 184 Å². The maximum Gasteiger partial charge on any atom is 0.249 e. The van der Waals surface area contributed by atoms with Crippen LogP contribution in [0.5, 0.6) is 0 Å². The van der Waals surface area contributed by atoms with Gasteiger partial charge in [0.25, 0.3) is 0 Å². The van der Waals surface area contributed by atoms with Crippen LogP contribution in [0, 0.1) is 0 Å². The highest BCUT2D eigenvalue weighted by Crippen LogP contribution is 2.34. The van der Waals surface area contributed by atoms with Crippen molar-refractivity contribution in [3.05, 3.63) is 69.9 Å². The number of hydrogen-bond acceptors (Lipinski definition) is 5. The number of benzene rings is 2. The van der Waals surface area contributed by atoms with Crippen molar-refractivity contribution >= 4 is 46.6 Å². The third kappa shape index (κ3) is 4.44. The van der Waals surface area contributed by atoms with Crippen LogP contribution in [-0.4, -0.2) is 34.9 Å². The van der Waals surface area contributed by atoms with E-state index in [-0.39, 0.29) is 18.4 Å². The van der Waals surface area contributed by atoms with Gasteiger partial charge in [-0.3, -0.25) is 14.5 Å². The zero-order valence-electron chi connectivity index (χ0n) is 16.4. The molecule has 1 heterocycles. The van der Waals surface area contributed by atoms with Gasteiger partial charge in [0.05, 0.1) is 5.87 Å². The largest absolute Gasteiger partial charge is 0.466 e. The number of carbonyl (C=O) groups is 2. The molecule has 156 valence electrons. The molecule has 1 fully saturated rings. The number of hydrogen-bond donors (Lipinski definition) is 2. The van der Waals surface area contributed by atoms with Crippen molar-refractivity contribution in [2.75, 3.05) is 12.0 Å². The van der Waals surface area contributed by atoms with E-state index in [4.69, 9.17) is 33.8 Å². The zero-order valence-corrected chi connectivity index (χ0v) is 17.9. The van der Waals surface area contributed by atoms with Gasteiger partial charge in [0.15, 0.2) is 12.5 Å². The molecule has 9 heteroatoms. The lowest BCUT2D eigenvalue weighted by molar-refractivity contribution is -0.156. The monoisotopic (exact) mass is 446 g/mol. The summed E-state index contributed by atoms with van der Waals surface area (Å²) in [4.78, 5) is 27.8. The first-order chi connectivity index (χ1) is 14.2. The Kier molecular flexibility index (Phi) is 6.37. The summed E-state index contributed by atoms with van der Waals surface area (Å²) in [5.74, 6) is 6.38. The summed E-state index contributed by atoms with van der Waals surface area (Å²) >= 11 is 12.0. The molecule has 0 aromatic heterocycles. The number of nitrogens with one attached hydrogen (secondary N) is 1. The highest BCUT2D eigenvalue weighted by atomic mass is 35.5. The molecule has 0 bridgehead atoms. The standard InChI is InChI=1S/C21H20Cl2N4O3/c1-21(2,20(29)26-16-9-14(22)8-15(23)10-16)27-12-30-17(11-25-24)18(19(27)28)13-6-4-3-5-7-13/h3-10,18H,12,24H2,1-2H3,(H,26,29). The van der Waals surface area contributed by atoms with Gasteiger partial charge in [-0.2, -0.15) is 0 Å². The van der Waals surface area contributed by atoms with E-state index in [9.17, 15) is 9.59 Å². The van der Waals surface area contributed by atoms with Crippen LogP contribution >= 0.6 is 23.2 Å². The van der Waals surface area contributed by atoms with Crippen molar-refractivity contribution in [3.8, 4) is 0 Å².